The molecule has 0 aromatic heterocycles. The molecule has 0 unspecified atom stereocenters. The Labute approximate surface area is 191 Å². The largest absolute Gasteiger partial charge is 0.483 e. The molecule has 0 saturated carbocycles. The second-order valence-corrected chi connectivity index (χ2v) is 7.84. The topological polar surface area (TPSA) is 58.6 Å². The molecule has 0 heterocycles. The lowest BCUT2D eigenvalue weighted by molar-refractivity contribution is -0.142. The average Bonchev–Trinajstić information content (AvgIpc) is 2.78. The van der Waals surface area contributed by atoms with Gasteiger partial charge in [-0.15, -0.1) is 0 Å². The van der Waals surface area contributed by atoms with E-state index in [0.717, 1.165) is 10.8 Å². The highest BCUT2D eigenvalue weighted by molar-refractivity contribution is 6.36. The van der Waals surface area contributed by atoms with Crippen LogP contribution in [0.4, 0.5) is 0 Å². The van der Waals surface area contributed by atoms with Crippen LogP contribution in [0.2, 0.25) is 10.0 Å². The highest BCUT2D eigenvalue weighted by Gasteiger charge is 2.29. The molecule has 162 valence electrons. The fraction of sp³-hybridized carbons (Fsp3) is 0.250. The summed E-state index contributed by atoms with van der Waals surface area (Å²) in [6, 6.07) is 17.9. The Hall–Kier alpha value is -2.76. The van der Waals surface area contributed by atoms with Crippen molar-refractivity contribution >= 4 is 45.8 Å². The van der Waals surface area contributed by atoms with Crippen molar-refractivity contribution in [2.45, 2.75) is 25.9 Å². The number of benzene rings is 3. The van der Waals surface area contributed by atoms with Gasteiger partial charge in [0.25, 0.3) is 5.91 Å². The SMILES string of the molecule is CC[C@H](C(=O)NC)N(Cc1c(Cl)cccc1Cl)C(=O)COc1cccc2ccccc12. The number of amides is 2. The number of ether oxygens (including phenoxy) is 1. The number of nitrogens with zero attached hydrogens (tertiary/aromatic N) is 1. The van der Waals surface area contributed by atoms with Crippen molar-refractivity contribution in [2.24, 2.45) is 0 Å². The van der Waals surface area contributed by atoms with E-state index in [4.69, 9.17) is 27.9 Å². The number of carbonyl (C=O) groups is 2. The van der Waals surface area contributed by atoms with Gasteiger partial charge < -0.3 is 15.0 Å². The second-order valence-electron chi connectivity index (χ2n) is 7.03. The van der Waals surface area contributed by atoms with Gasteiger partial charge in [-0.25, -0.2) is 0 Å². The first-order chi connectivity index (χ1) is 15.0. The van der Waals surface area contributed by atoms with Crippen molar-refractivity contribution in [3.05, 3.63) is 76.3 Å². The molecule has 3 aromatic carbocycles. The molecule has 0 radical (unpaired) electrons. The van der Waals surface area contributed by atoms with Gasteiger partial charge in [-0.2, -0.15) is 0 Å². The summed E-state index contributed by atoms with van der Waals surface area (Å²) in [5, 5.41) is 5.43. The first-order valence-electron chi connectivity index (χ1n) is 10.0. The predicted molar refractivity (Wildman–Crippen MR) is 125 cm³/mol. The molecule has 0 spiro atoms. The van der Waals surface area contributed by atoms with Gasteiger partial charge in [-0.3, -0.25) is 9.59 Å². The number of nitrogens with one attached hydrogen (secondary N) is 1. The lowest BCUT2D eigenvalue weighted by Gasteiger charge is -2.30. The normalized spacial score (nSPS) is 11.7. The Morgan fingerprint density at radius 1 is 1.00 bits per heavy atom. The highest BCUT2D eigenvalue weighted by atomic mass is 35.5. The summed E-state index contributed by atoms with van der Waals surface area (Å²) < 4.78 is 5.88. The zero-order chi connectivity index (χ0) is 22.4. The Bertz CT molecular complexity index is 1060. The van der Waals surface area contributed by atoms with E-state index in [0.29, 0.717) is 27.8 Å². The maximum absolute atomic E-state index is 13.2. The fourth-order valence-corrected chi connectivity index (χ4v) is 4.00. The molecule has 0 aliphatic rings. The van der Waals surface area contributed by atoms with Crippen molar-refractivity contribution in [2.75, 3.05) is 13.7 Å². The third-order valence-electron chi connectivity index (χ3n) is 5.12. The summed E-state index contributed by atoms with van der Waals surface area (Å²) in [4.78, 5) is 27.2. The molecule has 3 rings (SSSR count). The highest BCUT2D eigenvalue weighted by Crippen LogP contribution is 2.28. The summed E-state index contributed by atoms with van der Waals surface area (Å²) in [5.41, 5.74) is 0.590. The Kier molecular flexibility index (Phi) is 7.77. The zero-order valence-electron chi connectivity index (χ0n) is 17.4. The van der Waals surface area contributed by atoms with Crippen LogP contribution in [0.3, 0.4) is 0 Å². The number of halogens is 2. The van der Waals surface area contributed by atoms with Crippen LogP contribution >= 0.6 is 23.2 Å². The molecule has 5 nitrogen and oxygen atoms in total. The number of rotatable bonds is 8. The summed E-state index contributed by atoms with van der Waals surface area (Å²) in [5.74, 6) is 0.0127. The maximum atomic E-state index is 13.2. The van der Waals surface area contributed by atoms with Gasteiger partial charge in [-0.1, -0.05) is 72.6 Å². The van der Waals surface area contributed by atoms with Crippen LogP contribution in [-0.2, 0) is 16.1 Å². The van der Waals surface area contributed by atoms with Crippen molar-refractivity contribution in [3.8, 4) is 5.75 Å². The molecule has 0 fully saturated rings. The number of fused-ring (bicyclic) bond motifs is 1. The van der Waals surface area contributed by atoms with E-state index in [1.807, 2.05) is 49.4 Å². The van der Waals surface area contributed by atoms with Crippen molar-refractivity contribution in [1.82, 2.24) is 10.2 Å². The molecular formula is C24H24Cl2N2O3. The van der Waals surface area contributed by atoms with Crippen molar-refractivity contribution in [1.29, 1.82) is 0 Å². The molecule has 0 saturated heterocycles. The van der Waals surface area contributed by atoms with Crippen LogP contribution in [0.15, 0.2) is 60.7 Å². The Morgan fingerprint density at radius 2 is 1.65 bits per heavy atom. The quantitative estimate of drug-likeness (QED) is 0.511. The van der Waals surface area contributed by atoms with Crippen molar-refractivity contribution in [3.63, 3.8) is 0 Å². The third-order valence-corrected chi connectivity index (χ3v) is 5.83. The molecule has 7 heteroatoms. The van der Waals surface area contributed by atoms with Crippen LogP contribution in [0.25, 0.3) is 10.8 Å². The minimum absolute atomic E-state index is 0.0994. The second kappa shape index (κ2) is 10.5. The summed E-state index contributed by atoms with van der Waals surface area (Å²) in [6.07, 6.45) is 0.432. The van der Waals surface area contributed by atoms with E-state index in [1.54, 1.807) is 25.2 Å². The van der Waals surface area contributed by atoms with Gasteiger partial charge in [0, 0.05) is 34.6 Å². The van der Waals surface area contributed by atoms with E-state index in [2.05, 4.69) is 5.32 Å². The smallest absolute Gasteiger partial charge is 0.261 e. The zero-order valence-corrected chi connectivity index (χ0v) is 18.9. The fourth-order valence-electron chi connectivity index (χ4n) is 3.48. The molecule has 1 atom stereocenters. The molecule has 2 amide bonds. The van der Waals surface area contributed by atoms with E-state index >= 15 is 0 Å². The van der Waals surface area contributed by atoms with Crippen LogP contribution in [0.1, 0.15) is 18.9 Å². The Morgan fingerprint density at radius 3 is 2.32 bits per heavy atom. The monoisotopic (exact) mass is 458 g/mol. The maximum Gasteiger partial charge on any atom is 0.261 e. The van der Waals surface area contributed by atoms with Gasteiger partial charge in [0.05, 0.1) is 0 Å². The van der Waals surface area contributed by atoms with Gasteiger partial charge >= 0.3 is 0 Å². The molecule has 0 aliphatic carbocycles. The van der Waals surface area contributed by atoms with Crippen LogP contribution in [0, 0.1) is 0 Å². The average molecular weight is 459 g/mol. The number of hydrogen-bond acceptors (Lipinski definition) is 3. The number of carbonyl (C=O) groups excluding carboxylic acids is 2. The van der Waals surface area contributed by atoms with Gasteiger partial charge in [0.2, 0.25) is 5.91 Å². The standard InChI is InChI=1S/C24H24Cl2N2O3/c1-3-21(24(30)27-2)28(14-18-19(25)11-7-12-20(18)26)23(29)15-31-22-13-6-9-16-8-4-5-10-17(16)22/h4-13,21H,3,14-15H2,1-2H3,(H,27,30)/t21-/m1/s1. The van der Waals surface area contributed by atoms with Crippen LogP contribution < -0.4 is 10.1 Å². The van der Waals surface area contributed by atoms with E-state index in [1.165, 1.54) is 4.90 Å². The van der Waals surface area contributed by atoms with Crippen LogP contribution in [-0.4, -0.2) is 36.4 Å². The van der Waals surface area contributed by atoms with E-state index < -0.39 is 6.04 Å². The molecule has 1 N–H and O–H groups in total. The number of likely N-dealkylation sites (N-methyl/N-ethyl adjacent to an activating group) is 1. The first kappa shape index (κ1) is 22.9. The first-order valence-corrected chi connectivity index (χ1v) is 10.8. The summed E-state index contributed by atoms with van der Waals surface area (Å²) in [6.45, 7) is 1.73. The van der Waals surface area contributed by atoms with Gasteiger partial charge in [-0.05, 0) is 30.0 Å². The molecule has 3 aromatic rings. The lowest BCUT2D eigenvalue weighted by atomic mass is 10.1. The minimum atomic E-state index is -0.680. The van der Waals surface area contributed by atoms with Gasteiger partial charge in [0.15, 0.2) is 6.61 Å². The molecule has 0 bridgehead atoms. The minimum Gasteiger partial charge on any atom is -0.483 e. The summed E-state index contributed by atoms with van der Waals surface area (Å²) in [7, 11) is 1.54. The van der Waals surface area contributed by atoms with Crippen LogP contribution in [0.5, 0.6) is 5.75 Å². The summed E-state index contributed by atoms with van der Waals surface area (Å²) >= 11 is 12.6. The third kappa shape index (κ3) is 5.30. The van der Waals surface area contributed by atoms with Gasteiger partial charge in [0.1, 0.15) is 11.8 Å². The Balaban J connectivity index is 1.87. The van der Waals surface area contributed by atoms with E-state index in [-0.39, 0.29) is 25.0 Å². The van der Waals surface area contributed by atoms with E-state index in [9.17, 15) is 9.59 Å². The lowest BCUT2D eigenvalue weighted by Crippen LogP contribution is -2.49. The molecular weight excluding hydrogens is 435 g/mol. The number of hydrogen-bond donors (Lipinski definition) is 1. The predicted octanol–water partition coefficient (Wildman–Crippen LogP) is 5.08. The molecule has 0 aliphatic heterocycles. The molecule has 31 heavy (non-hydrogen) atoms. The van der Waals surface area contributed by atoms with Crippen molar-refractivity contribution < 1.29 is 14.3 Å².